The molecule has 1 rings (SSSR count). The van der Waals surface area contributed by atoms with E-state index in [4.69, 9.17) is 10.8 Å². The molecule has 0 fully saturated rings. The molecule has 1 unspecified atom stereocenters. The van der Waals surface area contributed by atoms with E-state index in [0.29, 0.717) is 11.2 Å². The lowest BCUT2D eigenvalue weighted by Crippen LogP contribution is -2.11. The van der Waals surface area contributed by atoms with E-state index >= 15 is 0 Å². The third-order valence-electron chi connectivity index (χ3n) is 2.53. The Morgan fingerprint density at radius 3 is 2.39 bits per heavy atom. The van der Waals surface area contributed by atoms with E-state index in [2.05, 4.69) is 18.8 Å². The van der Waals surface area contributed by atoms with Gasteiger partial charge in [0.05, 0.1) is 6.61 Å². The van der Waals surface area contributed by atoms with Crippen molar-refractivity contribution in [2.24, 2.45) is 10.7 Å². The number of hydrogen-bond acceptors (Lipinski definition) is 3. The minimum atomic E-state index is 0. The van der Waals surface area contributed by atoms with Gasteiger partial charge in [0.15, 0.2) is 5.17 Å². The number of nitrogens with zero attached hydrogens (tertiary/aromatic N) is 1. The van der Waals surface area contributed by atoms with Crippen LogP contribution in [0.4, 0.5) is 0 Å². The van der Waals surface area contributed by atoms with Crippen LogP contribution in [0.1, 0.15) is 31.4 Å². The van der Waals surface area contributed by atoms with Crippen LogP contribution in [0.3, 0.4) is 0 Å². The number of aliphatic imine (C=N–C) groups is 1. The van der Waals surface area contributed by atoms with Gasteiger partial charge in [0.25, 0.3) is 0 Å². The molecule has 3 N–H and O–H groups in total. The molecule has 0 aliphatic heterocycles. The Hall–Kier alpha value is -0.710. The zero-order valence-corrected chi connectivity index (χ0v) is 12.4. The monoisotopic (exact) mass is 288 g/mol. The van der Waals surface area contributed by atoms with Gasteiger partial charge in [-0.3, -0.25) is 4.99 Å². The average Bonchev–Trinajstić information content (AvgIpc) is 2.36. The molecular formula is C13H21ClN2OS. The van der Waals surface area contributed by atoms with Crippen LogP contribution in [0.25, 0.3) is 0 Å². The van der Waals surface area contributed by atoms with Crippen molar-refractivity contribution < 1.29 is 5.11 Å². The van der Waals surface area contributed by atoms with E-state index in [-0.39, 0.29) is 19.0 Å². The van der Waals surface area contributed by atoms with Gasteiger partial charge in [-0.05, 0) is 24.5 Å². The molecule has 0 aliphatic carbocycles. The summed E-state index contributed by atoms with van der Waals surface area (Å²) in [6.07, 6.45) is 1.01. The molecule has 5 heteroatoms. The smallest absolute Gasteiger partial charge is 0.154 e. The maximum absolute atomic E-state index is 8.93. The van der Waals surface area contributed by atoms with Crippen LogP contribution in [0.2, 0.25) is 0 Å². The molecular weight excluding hydrogens is 268 g/mol. The van der Waals surface area contributed by atoms with Crippen molar-refractivity contribution in [1.82, 2.24) is 0 Å². The van der Waals surface area contributed by atoms with Gasteiger partial charge >= 0.3 is 0 Å². The van der Waals surface area contributed by atoms with E-state index in [9.17, 15) is 0 Å². The number of thioether (sulfide) groups is 1. The molecule has 0 bridgehead atoms. The summed E-state index contributed by atoms with van der Waals surface area (Å²) in [6.45, 7) is 4.24. The number of hydrogen-bond donors (Lipinski definition) is 2. The summed E-state index contributed by atoms with van der Waals surface area (Å²) >= 11 is 1.55. The fraction of sp³-hybridized carbons (Fsp3) is 0.462. The second-order valence-electron chi connectivity index (χ2n) is 3.99. The zero-order chi connectivity index (χ0) is 12.7. The van der Waals surface area contributed by atoms with Gasteiger partial charge in [0.1, 0.15) is 0 Å². The topological polar surface area (TPSA) is 58.6 Å². The lowest BCUT2D eigenvalue weighted by molar-refractivity contribution is 0.282. The molecule has 0 aliphatic rings. The third-order valence-corrected chi connectivity index (χ3v) is 3.41. The Morgan fingerprint density at radius 2 is 1.89 bits per heavy atom. The molecule has 0 radical (unpaired) electrons. The number of rotatable bonds is 5. The van der Waals surface area contributed by atoms with Gasteiger partial charge in [-0.15, -0.1) is 12.4 Å². The van der Waals surface area contributed by atoms with E-state index in [1.807, 2.05) is 24.3 Å². The normalized spacial score (nSPS) is 12.9. The van der Waals surface area contributed by atoms with Gasteiger partial charge in [0.2, 0.25) is 0 Å². The van der Waals surface area contributed by atoms with Gasteiger partial charge in [-0.1, -0.05) is 43.0 Å². The summed E-state index contributed by atoms with van der Waals surface area (Å²) in [5.41, 5.74) is 7.95. The predicted octanol–water partition coefficient (Wildman–Crippen LogP) is 2.95. The molecule has 3 nitrogen and oxygen atoms in total. The SMILES string of the molecule is CCC(C)N=C(N)SCc1ccc(CO)cc1.Cl. The Labute approximate surface area is 119 Å². The number of amidine groups is 1. The molecule has 0 saturated heterocycles. The Balaban J connectivity index is 0.00000289. The quantitative estimate of drug-likeness (QED) is 0.647. The highest BCUT2D eigenvalue weighted by atomic mass is 35.5. The van der Waals surface area contributed by atoms with Crippen molar-refractivity contribution >= 4 is 29.3 Å². The van der Waals surface area contributed by atoms with Crippen molar-refractivity contribution in [3.8, 4) is 0 Å². The van der Waals surface area contributed by atoms with E-state index in [1.54, 1.807) is 11.8 Å². The number of aliphatic hydroxyl groups is 1. The van der Waals surface area contributed by atoms with Crippen LogP contribution in [-0.4, -0.2) is 16.3 Å². The standard InChI is InChI=1S/C13H20N2OS.ClH/c1-3-10(2)15-13(14)17-9-12-6-4-11(8-16)5-7-12;/h4-7,10,16H,3,8-9H2,1-2H3,(H2,14,15);1H. The number of benzene rings is 1. The van der Waals surface area contributed by atoms with Crippen molar-refractivity contribution in [3.63, 3.8) is 0 Å². The van der Waals surface area contributed by atoms with Gasteiger partial charge < -0.3 is 10.8 Å². The highest BCUT2D eigenvalue weighted by Gasteiger charge is 2.00. The number of nitrogens with two attached hydrogens (primary N) is 1. The van der Waals surface area contributed by atoms with Gasteiger partial charge in [0, 0.05) is 11.8 Å². The summed E-state index contributed by atoms with van der Waals surface area (Å²) in [5.74, 6) is 0.817. The number of aliphatic hydroxyl groups excluding tert-OH is 1. The first-order valence-corrected chi connectivity index (χ1v) is 6.79. The van der Waals surface area contributed by atoms with Crippen LogP contribution < -0.4 is 5.73 Å². The summed E-state index contributed by atoms with van der Waals surface area (Å²) in [5, 5.41) is 9.57. The summed E-state index contributed by atoms with van der Waals surface area (Å²) in [6, 6.07) is 8.17. The molecule has 0 aromatic heterocycles. The minimum absolute atomic E-state index is 0. The highest BCUT2D eigenvalue weighted by molar-refractivity contribution is 8.13. The molecule has 0 heterocycles. The average molecular weight is 289 g/mol. The Kier molecular flexibility index (Phi) is 8.89. The van der Waals surface area contributed by atoms with Crippen molar-refractivity contribution in [2.45, 2.75) is 38.7 Å². The first kappa shape index (κ1) is 17.3. The second kappa shape index (κ2) is 9.25. The van der Waals surface area contributed by atoms with Crippen molar-refractivity contribution in [2.75, 3.05) is 0 Å². The van der Waals surface area contributed by atoms with Crippen molar-refractivity contribution in [1.29, 1.82) is 0 Å². The van der Waals surface area contributed by atoms with Crippen molar-refractivity contribution in [3.05, 3.63) is 35.4 Å². The largest absolute Gasteiger partial charge is 0.392 e. The van der Waals surface area contributed by atoms with Crippen LogP contribution in [0.5, 0.6) is 0 Å². The van der Waals surface area contributed by atoms with Gasteiger partial charge in [-0.25, -0.2) is 0 Å². The number of halogens is 1. The molecule has 1 aromatic rings. The minimum Gasteiger partial charge on any atom is -0.392 e. The summed E-state index contributed by atoms with van der Waals surface area (Å²) < 4.78 is 0. The van der Waals surface area contributed by atoms with Crippen LogP contribution >= 0.6 is 24.2 Å². The van der Waals surface area contributed by atoms with Crippen LogP contribution in [0, 0.1) is 0 Å². The molecule has 1 aromatic carbocycles. The molecule has 18 heavy (non-hydrogen) atoms. The second-order valence-corrected chi connectivity index (χ2v) is 4.98. The lowest BCUT2D eigenvalue weighted by Gasteiger charge is -2.05. The fourth-order valence-corrected chi connectivity index (χ4v) is 2.01. The lowest BCUT2D eigenvalue weighted by atomic mass is 10.2. The van der Waals surface area contributed by atoms with E-state index < -0.39 is 0 Å². The first-order valence-electron chi connectivity index (χ1n) is 5.80. The maximum atomic E-state index is 8.93. The van der Waals surface area contributed by atoms with Crippen LogP contribution in [0.15, 0.2) is 29.3 Å². The molecule has 0 amide bonds. The first-order chi connectivity index (χ1) is 8.15. The Morgan fingerprint density at radius 1 is 1.33 bits per heavy atom. The summed E-state index contributed by atoms with van der Waals surface area (Å²) in [4.78, 5) is 4.36. The van der Waals surface area contributed by atoms with Crippen LogP contribution in [-0.2, 0) is 12.4 Å². The van der Waals surface area contributed by atoms with Gasteiger partial charge in [-0.2, -0.15) is 0 Å². The fourth-order valence-electron chi connectivity index (χ4n) is 1.24. The molecule has 1 atom stereocenters. The Bertz CT molecular complexity index is 368. The molecule has 0 saturated carbocycles. The maximum Gasteiger partial charge on any atom is 0.154 e. The van der Waals surface area contributed by atoms with E-state index in [1.165, 1.54) is 5.56 Å². The highest BCUT2D eigenvalue weighted by Crippen LogP contribution is 2.14. The summed E-state index contributed by atoms with van der Waals surface area (Å²) in [7, 11) is 0. The molecule has 102 valence electrons. The molecule has 0 spiro atoms. The zero-order valence-electron chi connectivity index (χ0n) is 10.8. The third kappa shape index (κ3) is 6.28. The van der Waals surface area contributed by atoms with E-state index in [0.717, 1.165) is 17.7 Å². The predicted molar refractivity (Wildman–Crippen MR) is 82.3 cm³/mol.